The van der Waals surface area contributed by atoms with Crippen LogP contribution in [0.1, 0.15) is 10.4 Å². The first-order valence-corrected chi connectivity index (χ1v) is 5.28. The second-order valence-electron chi connectivity index (χ2n) is 4.14. The minimum Gasteiger partial charge on any atom is -0.389 e. The van der Waals surface area contributed by atoms with Gasteiger partial charge in [-0.2, -0.15) is 0 Å². The van der Waals surface area contributed by atoms with Gasteiger partial charge in [0.25, 0.3) is 5.91 Å². The molecular weight excluding hydrogens is 204 g/mol. The van der Waals surface area contributed by atoms with Gasteiger partial charge in [-0.25, -0.2) is 0 Å². The van der Waals surface area contributed by atoms with E-state index in [4.69, 9.17) is 5.11 Å². The molecule has 4 nitrogen and oxygen atoms in total. The Hall–Kier alpha value is -1.81. The molecule has 0 unspecified atom stereocenters. The fourth-order valence-corrected chi connectivity index (χ4v) is 1.98. The fourth-order valence-electron chi connectivity index (χ4n) is 1.98. The Morgan fingerprint density at radius 2 is 2.19 bits per heavy atom. The smallest absolute Gasteiger partial charge is 0.254 e. The van der Waals surface area contributed by atoms with Crippen LogP contribution in [0, 0.1) is 0 Å². The molecule has 1 aromatic heterocycles. The lowest BCUT2D eigenvalue weighted by atomic mass is 10.1. The van der Waals surface area contributed by atoms with Crippen molar-refractivity contribution in [3.05, 3.63) is 36.0 Å². The van der Waals surface area contributed by atoms with Crippen LogP contribution in [0.5, 0.6) is 0 Å². The summed E-state index contributed by atoms with van der Waals surface area (Å²) in [5, 5.41) is 10.3. The highest BCUT2D eigenvalue weighted by atomic mass is 16.3. The normalized spacial score (nSPS) is 16.4. The lowest BCUT2D eigenvalue weighted by molar-refractivity contribution is 0.00590. The summed E-state index contributed by atoms with van der Waals surface area (Å²) in [7, 11) is 0. The Labute approximate surface area is 92.5 Å². The number of β-amino-alcohol motifs (C(OH)–C–C–N with tert-alkyl or cyclic N) is 1. The average Bonchev–Trinajstić information content (AvgIpc) is 2.70. The SMILES string of the molecule is O=C(c1ccc2cc[nH]c2c1)N1CC(O)C1. The number of H-pyrrole nitrogens is 1. The first kappa shape index (κ1) is 9.42. The Morgan fingerprint density at radius 3 is 2.94 bits per heavy atom. The van der Waals surface area contributed by atoms with E-state index < -0.39 is 0 Å². The molecule has 1 amide bonds. The van der Waals surface area contributed by atoms with E-state index in [9.17, 15) is 4.79 Å². The minimum absolute atomic E-state index is 0.0122. The number of likely N-dealkylation sites (tertiary alicyclic amines) is 1. The van der Waals surface area contributed by atoms with Gasteiger partial charge in [0.2, 0.25) is 0 Å². The Bertz CT molecular complexity index is 541. The topological polar surface area (TPSA) is 56.3 Å². The number of fused-ring (bicyclic) bond motifs is 1. The maximum Gasteiger partial charge on any atom is 0.254 e. The number of aromatic nitrogens is 1. The second kappa shape index (κ2) is 3.35. The van der Waals surface area contributed by atoms with Crippen LogP contribution in [-0.4, -0.2) is 40.1 Å². The maximum absolute atomic E-state index is 11.9. The highest BCUT2D eigenvalue weighted by molar-refractivity contribution is 5.98. The van der Waals surface area contributed by atoms with Gasteiger partial charge in [0.15, 0.2) is 0 Å². The van der Waals surface area contributed by atoms with Crippen LogP contribution in [0.2, 0.25) is 0 Å². The van der Waals surface area contributed by atoms with Crippen molar-refractivity contribution < 1.29 is 9.90 Å². The van der Waals surface area contributed by atoms with E-state index in [-0.39, 0.29) is 12.0 Å². The fraction of sp³-hybridized carbons (Fsp3) is 0.250. The van der Waals surface area contributed by atoms with Crippen molar-refractivity contribution in [1.82, 2.24) is 9.88 Å². The number of rotatable bonds is 1. The average molecular weight is 216 g/mol. The standard InChI is InChI=1S/C12H12N2O2/c15-10-6-14(7-10)12(16)9-2-1-8-3-4-13-11(8)5-9/h1-5,10,13,15H,6-7H2. The van der Waals surface area contributed by atoms with Gasteiger partial charge < -0.3 is 15.0 Å². The molecule has 4 heteroatoms. The summed E-state index contributed by atoms with van der Waals surface area (Å²) in [6.45, 7) is 0.892. The summed E-state index contributed by atoms with van der Waals surface area (Å²) < 4.78 is 0. The zero-order chi connectivity index (χ0) is 11.1. The van der Waals surface area contributed by atoms with Crippen molar-refractivity contribution >= 4 is 16.8 Å². The van der Waals surface area contributed by atoms with Crippen LogP contribution in [-0.2, 0) is 0 Å². The van der Waals surface area contributed by atoms with Crippen molar-refractivity contribution in [2.45, 2.75) is 6.10 Å². The van der Waals surface area contributed by atoms with Crippen LogP contribution in [0.25, 0.3) is 10.9 Å². The molecule has 2 N–H and O–H groups in total. The van der Waals surface area contributed by atoms with Crippen molar-refractivity contribution in [1.29, 1.82) is 0 Å². The van der Waals surface area contributed by atoms with Gasteiger partial charge in [0.05, 0.1) is 6.10 Å². The van der Waals surface area contributed by atoms with Gasteiger partial charge in [0.1, 0.15) is 0 Å². The largest absolute Gasteiger partial charge is 0.389 e. The number of aliphatic hydroxyl groups excluding tert-OH is 1. The molecule has 2 aromatic rings. The van der Waals surface area contributed by atoms with E-state index in [1.54, 1.807) is 4.90 Å². The molecule has 1 saturated heterocycles. The third-order valence-electron chi connectivity index (χ3n) is 2.95. The molecule has 1 aliphatic rings. The minimum atomic E-state index is -0.349. The predicted octanol–water partition coefficient (Wildman–Crippen LogP) is 0.985. The number of carbonyl (C=O) groups excluding carboxylic acids is 1. The van der Waals surface area contributed by atoms with Crippen LogP contribution >= 0.6 is 0 Å². The first-order chi connectivity index (χ1) is 7.74. The van der Waals surface area contributed by atoms with Gasteiger partial charge in [-0.15, -0.1) is 0 Å². The number of nitrogens with one attached hydrogen (secondary N) is 1. The third-order valence-corrected chi connectivity index (χ3v) is 2.95. The molecule has 2 heterocycles. The van der Waals surface area contributed by atoms with Crippen molar-refractivity contribution in [2.75, 3.05) is 13.1 Å². The molecule has 82 valence electrons. The first-order valence-electron chi connectivity index (χ1n) is 5.28. The number of benzene rings is 1. The summed E-state index contributed by atoms with van der Waals surface area (Å²) in [6, 6.07) is 7.57. The zero-order valence-corrected chi connectivity index (χ0v) is 8.68. The molecule has 0 aliphatic carbocycles. The number of carbonyl (C=O) groups is 1. The summed E-state index contributed by atoms with van der Waals surface area (Å²) in [5.74, 6) is -0.0122. The van der Waals surface area contributed by atoms with Crippen molar-refractivity contribution in [3.8, 4) is 0 Å². The number of hydrogen-bond donors (Lipinski definition) is 2. The van der Waals surface area contributed by atoms with E-state index in [0.29, 0.717) is 18.7 Å². The molecule has 0 radical (unpaired) electrons. The molecule has 0 saturated carbocycles. The number of aliphatic hydroxyl groups is 1. The third kappa shape index (κ3) is 1.39. The highest BCUT2D eigenvalue weighted by Gasteiger charge is 2.29. The van der Waals surface area contributed by atoms with E-state index in [0.717, 1.165) is 10.9 Å². The maximum atomic E-state index is 11.9. The van der Waals surface area contributed by atoms with E-state index >= 15 is 0 Å². The molecular formula is C12H12N2O2. The summed E-state index contributed by atoms with van der Waals surface area (Å²) >= 11 is 0. The van der Waals surface area contributed by atoms with Gasteiger partial charge in [-0.3, -0.25) is 4.79 Å². The number of amides is 1. The van der Waals surface area contributed by atoms with Gasteiger partial charge in [-0.1, -0.05) is 6.07 Å². The summed E-state index contributed by atoms with van der Waals surface area (Å²) in [4.78, 5) is 16.7. The molecule has 16 heavy (non-hydrogen) atoms. The Morgan fingerprint density at radius 1 is 1.38 bits per heavy atom. The lowest BCUT2D eigenvalue weighted by Crippen LogP contribution is -2.53. The number of nitrogens with zero attached hydrogens (tertiary/aromatic N) is 1. The van der Waals surface area contributed by atoms with Gasteiger partial charge in [0, 0.05) is 30.4 Å². The lowest BCUT2D eigenvalue weighted by Gasteiger charge is -2.35. The van der Waals surface area contributed by atoms with Gasteiger partial charge >= 0.3 is 0 Å². The molecule has 3 rings (SSSR count). The van der Waals surface area contributed by atoms with E-state index in [1.807, 2.05) is 30.5 Å². The molecule has 1 aromatic carbocycles. The predicted molar refractivity (Wildman–Crippen MR) is 60.2 cm³/mol. The van der Waals surface area contributed by atoms with Crippen LogP contribution < -0.4 is 0 Å². The van der Waals surface area contributed by atoms with Crippen LogP contribution in [0.15, 0.2) is 30.5 Å². The highest BCUT2D eigenvalue weighted by Crippen LogP contribution is 2.18. The van der Waals surface area contributed by atoms with Crippen LogP contribution in [0.3, 0.4) is 0 Å². The molecule has 1 aliphatic heterocycles. The number of aromatic amines is 1. The monoisotopic (exact) mass is 216 g/mol. The summed E-state index contributed by atoms with van der Waals surface area (Å²) in [6.07, 6.45) is 1.50. The van der Waals surface area contributed by atoms with Crippen LogP contribution in [0.4, 0.5) is 0 Å². The molecule has 0 atom stereocenters. The number of hydrogen-bond acceptors (Lipinski definition) is 2. The molecule has 0 spiro atoms. The Kier molecular flexibility index (Phi) is 1.97. The van der Waals surface area contributed by atoms with E-state index in [2.05, 4.69) is 4.98 Å². The second-order valence-corrected chi connectivity index (χ2v) is 4.14. The Balaban J connectivity index is 1.90. The zero-order valence-electron chi connectivity index (χ0n) is 8.68. The van der Waals surface area contributed by atoms with Crippen molar-refractivity contribution in [2.24, 2.45) is 0 Å². The molecule has 1 fully saturated rings. The summed E-state index contributed by atoms with van der Waals surface area (Å²) in [5.41, 5.74) is 1.63. The van der Waals surface area contributed by atoms with Gasteiger partial charge in [-0.05, 0) is 23.6 Å². The van der Waals surface area contributed by atoms with Crippen molar-refractivity contribution in [3.63, 3.8) is 0 Å². The van der Waals surface area contributed by atoms with E-state index in [1.165, 1.54) is 0 Å². The quantitative estimate of drug-likeness (QED) is 0.746. The molecule has 0 bridgehead atoms.